The number of sulfone groups is 1. The summed E-state index contributed by atoms with van der Waals surface area (Å²) in [5.74, 6) is -1.91. The summed E-state index contributed by atoms with van der Waals surface area (Å²) in [5.41, 5.74) is 6.59. The van der Waals surface area contributed by atoms with Crippen LogP contribution in [0.3, 0.4) is 0 Å². The highest BCUT2D eigenvalue weighted by Gasteiger charge is 2.24. The first kappa shape index (κ1) is 51.9. The molecule has 5 aromatic carbocycles. The van der Waals surface area contributed by atoms with Crippen LogP contribution in [0.25, 0.3) is 21.5 Å². The van der Waals surface area contributed by atoms with E-state index in [4.69, 9.17) is 25.7 Å². The number of nitrogens with two attached hydrogens (primary N) is 1. The molecule has 30 heteroatoms. The van der Waals surface area contributed by atoms with E-state index >= 15 is 0 Å². The van der Waals surface area contributed by atoms with Gasteiger partial charge in [-0.05, 0) is 73.0 Å². The molecule has 1 heterocycles. The molecule has 1 aromatic heterocycles. The van der Waals surface area contributed by atoms with Gasteiger partial charge in [-0.2, -0.15) is 8.42 Å². The highest BCUT2D eigenvalue weighted by atomic mass is 32.2. The largest absolute Gasteiger partial charge is 0.505 e. The number of aryl methyl sites for hydroxylation is 2. The normalized spacial score (nSPS) is 12.1. The Kier molecular flexibility index (Phi) is 18.5. The molecule has 350 valence electrons. The fourth-order valence-corrected chi connectivity index (χ4v) is 9.86. The van der Waals surface area contributed by atoms with Crippen LogP contribution in [0.5, 0.6) is 5.75 Å². The quantitative estimate of drug-likeness (QED) is 0.00579. The molecular formula is C36H33N6O18S6+. The molecule has 0 amide bonds. The van der Waals surface area contributed by atoms with E-state index in [0.29, 0.717) is 53.1 Å². The third kappa shape index (κ3) is 13.1. The van der Waals surface area contributed by atoms with E-state index in [-0.39, 0.29) is 88.2 Å². The number of fused-ring (bicyclic) bond motifs is 2. The number of benzene rings is 5. The number of phenols is 1. The third-order valence-corrected chi connectivity index (χ3v) is 13.8. The summed E-state index contributed by atoms with van der Waals surface area (Å²) in [6.45, 7) is 2.04. The maximum absolute atomic E-state index is 13.3. The van der Waals surface area contributed by atoms with E-state index in [1.165, 1.54) is 66.7 Å². The molecule has 0 aliphatic rings. The molecule has 0 spiro atoms. The lowest BCUT2D eigenvalue weighted by molar-refractivity contribution is -0.692. The van der Waals surface area contributed by atoms with Crippen molar-refractivity contribution in [1.82, 2.24) is 0 Å². The number of aromatic nitrogens is 1. The molecule has 66 heavy (non-hydrogen) atoms. The summed E-state index contributed by atoms with van der Waals surface area (Å²) >= 11 is 1.88. The fourth-order valence-electron chi connectivity index (χ4n) is 5.86. The van der Waals surface area contributed by atoms with Crippen LogP contribution in [0.4, 0.5) is 28.4 Å². The topological polar surface area (TPSA) is 362 Å². The fraction of sp³-hybridized carbons (Fsp3) is 0.111. The minimum atomic E-state index is -4.99. The molecule has 0 saturated carbocycles. The highest BCUT2D eigenvalue weighted by molar-refractivity contribution is 7.96. The van der Waals surface area contributed by atoms with Crippen LogP contribution in [0.2, 0.25) is 0 Å². The van der Waals surface area contributed by atoms with Crippen LogP contribution in [-0.2, 0) is 63.6 Å². The zero-order valence-corrected chi connectivity index (χ0v) is 38.1. The average molecular weight is 1030 g/mol. The van der Waals surface area contributed by atoms with Gasteiger partial charge in [-0.25, -0.2) is 28.8 Å². The van der Waals surface area contributed by atoms with E-state index in [1.807, 2.05) is 13.0 Å². The van der Waals surface area contributed by atoms with Gasteiger partial charge in [-0.15, -0.1) is 33.5 Å². The van der Waals surface area contributed by atoms with Crippen LogP contribution in [0.15, 0.2) is 136 Å². The first-order chi connectivity index (χ1) is 31.1. The zero-order chi connectivity index (χ0) is 46.7. The molecule has 6 rings (SSSR count). The Balaban J connectivity index is 0.00000817. The van der Waals surface area contributed by atoms with Gasteiger partial charge in [0.2, 0.25) is 0 Å². The Labute approximate surface area is 389 Å². The minimum Gasteiger partial charge on any atom is -0.505 e. The summed E-state index contributed by atoms with van der Waals surface area (Å²) in [6, 6.07) is 18.5. The van der Waals surface area contributed by atoms with Gasteiger partial charge in [0.05, 0.1) is 56.5 Å². The standard InChI is InChI=1S/C36H30N6O17S6.H2O/c1-20-3-2-12-42(18-20)13-14-64(48,49)23-6-11-28(30(16-23)62-58-55-46)38-40-33-26-17-31(63-59-56-47)34(35(44)25(26)8-9-27(33)37)41-39-29-10-4-21-15-22(61-53-32(43)19-60-57-54-45)5-7-24(21)36(29)65(50,51)52;/h2-12,15-18H,13-14,19H2,1H3,(H6-,37,38,39,44,45,46,47,50,51,52);1H2/p+1. The van der Waals surface area contributed by atoms with Crippen molar-refractivity contribution in [3.8, 4) is 5.75 Å². The van der Waals surface area contributed by atoms with Crippen molar-refractivity contribution < 1.29 is 89.4 Å². The molecule has 0 atom stereocenters. The van der Waals surface area contributed by atoms with Crippen molar-refractivity contribution in [2.45, 2.75) is 37.9 Å². The monoisotopic (exact) mass is 1030 g/mol. The lowest BCUT2D eigenvalue weighted by atomic mass is 10.1. The molecule has 0 radical (unpaired) electrons. The van der Waals surface area contributed by atoms with E-state index in [1.54, 1.807) is 23.0 Å². The number of pyridine rings is 1. The van der Waals surface area contributed by atoms with Gasteiger partial charge in [-0.1, -0.05) is 27.2 Å². The molecule has 0 bridgehead atoms. The number of carbonyl (C=O) groups excluding carboxylic acids is 1. The van der Waals surface area contributed by atoms with E-state index < -0.39 is 36.6 Å². The summed E-state index contributed by atoms with van der Waals surface area (Å²) in [5, 5.41) is 65.6. The SMILES string of the molecule is Cc1ccc[n+](CCS(=O)(=O)c2ccc(N=Nc3c(N)ccc4c(O)c(N=Nc5ccc6cc(SOC(=O)CSOOO)ccc6c5S(=O)(=O)O)c(SOOO)cc34)c(SOOO)c2)c1.O. The molecule has 0 aliphatic heterocycles. The van der Waals surface area contributed by atoms with E-state index in [2.05, 4.69) is 48.6 Å². The number of carbonyl (C=O) groups is 1. The van der Waals surface area contributed by atoms with Gasteiger partial charge in [-0.3, -0.25) is 9.35 Å². The molecule has 0 saturated heterocycles. The van der Waals surface area contributed by atoms with Crippen molar-refractivity contribution in [1.29, 1.82) is 0 Å². The van der Waals surface area contributed by atoms with Crippen LogP contribution in [0, 0.1) is 6.92 Å². The number of nitrogens with zero attached hydrogens (tertiary/aromatic N) is 5. The predicted molar refractivity (Wildman–Crippen MR) is 236 cm³/mol. The molecule has 0 unspecified atom stereocenters. The van der Waals surface area contributed by atoms with Crippen molar-refractivity contribution >= 4 is 124 Å². The average Bonchev–Trinajstić information content (AvgIpc) is 3.27. The van der Waals surface area contributed by atoms with Gasteiger partial charge in [0.25, 0.3) is 10.1 Å². The number of hydrogen-bond donors (Lipinski definition) is 6. The zero-order valence-electron chi connectivity index (χ0n) is 33.2. The molecule has 9 N–H and O–H groups in total. The predicted octanol–water partition coefficient (Wildman–Crippen LogP) is 8.08. The van der Waals surface area contributed by atoms with Crippen LogP contribution < -0.4 is 10.3 Å². The summed E-state index contributed by atoms with van der Waals surface area (Å²) in [7, 11) is -8.84. The maximum atomic E-state index is 13.3. The Hall–Kier alpha value is -5.10. The van der Waals surface area contributed by atoms with Crippen molar-refractivity contribution in [3.63, 3.8) is 0 Å². The van der Waals surface area contributed by atoms with Crippen LogP contribution in [0.1, 0.15) is 5.56 Å². The van der Waals surface area contributed by atoms with E-state index in [9.17, 15) is 31.3 Å². The van der Waals surface area contributed by atoms with Crippen LogP contribution >= 0.6 is 48.2 Å². The van der Waals surface area contributed by atoms with Crippen molar-refractivity contribution in [3.05, 3.63) is 96.8 Å². The maximum Gasteiger partial charge on any atom is 0.330 e. The Morgan fingerprint density at radius 2 is 1.44 bits per heavy atom. The molecule has 24 nitrogen and oxygen atoms in total. The Morgan fingerprint density at radius 3 is 2.15 bits per heavy atom. The first-order valence-corrected chi connectivity index (χ1v) is 23.9. The second-order valence-electron chi connectivity index (χ2n) is 12.8. The highest BCUT2D eigenvalue weighted by Crippen LogP contribution is 2.48. The molecule has 0 aliphatic carbocycles. The lowest BCUT2D eigenvalue weighted by Crippen LogP contribution is -2.36. The van der Waals surface area contributed by atoms with Crippen LogP contribution in [-0.4, -0.2) is 65.2 Å². The second-order valence-corrected chi connectivity index (χ2v) is 19.2. The number of rotatable bonds is 21. The Morgan fingerprint density at radius 1 is 0.758 bits per heavy atom. The van der Waals surface area contributed by atoms with Gasteiger partial charge < -0.3 is 20.5 Å². The number of aromatic hydroxyl groups is 1. The molecular weight excluding hydrogens is 997 g/mol. The summed E-state index contributed by atoms with van der Waals surface area (Å²) < 4.78 is 82.6. The van der Waals surface area contributed by atoms with Gasteiger partial charge >= 0.3 is 5.97 Å². The lowest BCUT2D eigenvalue weighted by Gasteiger charge is -2.12. The van der Waals surface area contributed by atoms with E-state index in [0.717, 1.165) is 5.56 Å². The number of phenolic OH excluding ortho intramolecular Hbond substituents is 1. The van der Waals surface area contributed by atoms with Gasteiger partial charge in [0.1, 0.15) is 39.2 Å². The van der Waals surface area contributed by atoms with Crippen molar-refractivity contribution in [2.75, 3.05) is 17.2 Å². The smallest absolute Gasteiger partial charge is 0.330 e. The van der Waals surface area contributed by atoms with Gasteiger partial charge in [0.15, 0.2) is 34.5 Å². The first-order valence-electron chi connectivity index (χ1n) is 17.7. The number of hydrogen-bond acceptors (Lipinski definition) is 25. The van der Waals surface area contributed by atoms with Crippen molar-refractivity contribution in [2.24, 2.45) is 20.5 Å². The number of anilines is 1. The summed E-state index contributed by atoms with van der Waals surface area (Å²) in [4.78, 5) is 11.4. The van der Waals surface area contributed by atoms with Gasteiger partial charge in [0, 0.05) is 44.7 Å². The summed E-state index contributed by atoms with van der Waals surface area (Å²) in [6.07, 6.45) is 3.55. The number of nitrogen functional groups attached to an aromatic ring is 1. The third-order valence-electron chi connectivity index (χ3n) is 8.64. The molecule has 6 aromatic rings. The molecule has 0 fully saturated rings. The second kappa shape index (κ2) is 23.6. The minimum absolute atomic E-state index is 0. The Bertz CT molecular complexity index is 3020. The number of azo groups is 2.